The molecule has 0 bridgehead atoms. The largest absolute Gasteiger partial charge is 0.325 e. The van der Waals surface area contributed by atoms with Crippen LogP contribution in [0.25, 0.3) is 0 Å². The van der Waals surface area contributed by atoms with E-state index in [-0.39, 0.29) is 11.4 Å². The van der Waals surface area contributed by atoms with Crippen molar-refractivity contribution in [1.82, 2.24) is 0 Å². The molecule has 0 spiro atoms. The molecule has 1 saturated carbocycles. The van der Waals surface area contributed by atoms with Gasteiger partial charge in [-0.15, -0.1) is 0 Å². The van der Waals surface area contributed by atoms with E-state index >= 15 is 0 Å². The summed E-state index contributed by atoms with van der Waals surface area (Å²) in [6.45, 7) is 4.55. The van der Waals surface area contributed by atoms with Gasteiger partial charge in [-0.05, 0) is 54.9 Å². The Morgan fingerprint density at radius 3 is 2.61 bits per heavy atom. The van der Waals surface area contributed by atoms with Gasteiger partial charge in [-0.2, -0.15) is 0 Å². The summed E-state index contributed by atoms with van der Waals surface area (Å²) in [7, 11) is 0. The highest BCUT2D eigenvalue weighted by Crippen LogP contribution is 2.41. The molecule has 0 amide bonds. The molecule has 1 aliphatic carbocycles. The van der Waals surface area contributed by atoms with Gasteiger partial charge in [-0.3, -0.25) is 0 Å². The molecular weight excluding hydrogens is 293 g/mol. The predicted molar refractivity (Wildman–Crippen MR) is 77.0 cm³/mol. The van der Waals surface area contributed by atoms with Crippen molar-refractivity contribution < 1.29 is 4.39 Å². The molecule has 1 atom stereocenters. The molecule has 18 heavy (non-hydrogen) atoms. The Bertz CT molecular complexity index is 424. The minimum atomic E-state index is -0.196. The van der Waals surface area contributed by atoms with E-state index in [2.05, 4.69) is 29.8 Å². The fourth-order valence-electron chi connectivity index (χ4n) is 3.32. The van der Waals surface area contributed by atoms with Gasteiger partial charge in [0.05, 0.1) is 0 Å². The maximum Gasteiger partial charge on any atom is 0.124 e. The molecule has 1 aromatic rings. The van der Waals surface area contributed by atoms with Crippen molar-refractivity contribution in [1.29, 1.82) is 0 Å². The van der Waals surface area contributed by atoms with Crippen molar-refractivity contribution in [3.63, 3.8) is 0 Å². The van der Waals surface area contributed by atoms with Crippen LogP contribution in [0.2, 0.25) is 0 Å². The zero-order chi connectivity index (χ0) is 13.4. The lowest BCUT2D eigenvalue weighted by Crippen LogP contribution is -2.48. The van der Waals surface area contributed by atoms with E-state index in [1.165, 1.54) is 18.9 Å². The first-order chi connectivity index (χ1) is 8.28. The molecule has 0 heterocycles. The van der Waals surface area contributed by atoms with Crippen LogP contribution < -0.4 is 5.73 Å². The topological polar surface area (TPSA) is 26.0 Å². The number of benzene rings is 1. The number of nitrogens with two attached hydrogens (primary N) is 1. The first-order valence-electron chi connectivity index (χ1n) is 6.52. The third-order valence-electron chi connectivity index (χ3n) is 3.84. The third-order valence-corrected chi connectivity index (χ3v) is 4.30. The van der Waals surface area contributed by atoms with Crippen LogP contribution in [0, 0.1) is 11.2 Å². The van der Waals surface area contributed by atoms with Crippen molar-refractivity contribution in [3.8, 4) is 0 Å². The molecule has 1 aliphatic rings. The summed E-state index contributed by atoms with van der Waals surface area (Å²) < 4.78 is 14.2. The Kier molecular flexibility index (Phi) is 3.84. The lowest BCUT2D eigenvalue weighted by Gasteiger charge is -2.42. The van der Waals surface area contributed by atoms with Crippen LogP contribution in [0.15, 0.2) is 22.7 Å². The number of hydrogen-bond acceptors (Lipinski definition) is 1. The highest BCUT2D eigenvalue weighted by Gasteiger charge is 2.37. The van der Waals surface area contributed by atoms with Crippen LogP contribution in [0.3, 0.4) is 0 Å². The SMILES string of the molecule is CC1(C)CCCC(N)(Cc2cc(F)cc(Br)c2)C1. The summed E-state index contributed by atoms with van der Waals surface area (Å²) in [6, 6.07) is 5.05. The minimum Gasteiger partial charge on any atom is -0.325 e. The van der Waals surface area contributed by atoms with E-state index in [0.29, 0.717) is 5.41 Å². The Balaban J connectivity index is 2.16. The summed E-state index contributed by atoms with van der Waals surface area (Å²) in [5, 5.41) is 0. The van der Waals surface area contributed by atoms with Gasteiger partial charge in [-0.25, -0.2) is 4.39 Å². The summed E-state index contributed by atoms with van der Waals surface area (Å²) in [5.74, 6) is -0.196. The van der Waals surface area contributed by atoms with Crippen LogP contribution in [0.4, 0.5) is 4.39 Å². The van der Waals surface area contributed by atoms with E-state index in [0.717, 1.165) is 29.3 Å². The number of hydrogen-bond donors (Lipinski definition) is 1. The average molecular weight is 314 g/mol. The first kappa shape index (κ1) is 14.0. The summed E-state index contributed by atoms with van der Waals surface area (Å²) >= 11 is 3.34. The van der Waals surface area contributed by atoms with Gasteiger partial charge in [0.15, 0.2) is 0 Å². The second kappa shape index (κ2) is 4.93. The molecule has 1 unspecified atom stereocenters. The second-order valence-electron chi connectivity index (χ2n) is 6.51. The molecule has 0 radical (unpaired) electrons. The Morgan fingerprint density at radius 2 is 2.00 bits per heavy atom. The zero-order valence-corrected chi connectivity index (χ0v) is 12.7. The van der Waals surface area contributed by atoms with Gasteiger partial charge in [-0.1, -0.05) is 36.2 Å². The highest BCUT2D eigenvalue weighted by molar-refractivity contribution is 9.10. The number of rotatable bonds is 2. The zero-order valence-electron chi connectivity index (χ0n) is 11.1. The van der Waals surface area contributed by atoms with Crippen molar-refractivity contribution in [3.05, 3.63) is 34.1 Å². The standard InChI is InChI=1S/C15H21BrFN/c1-14(2)4-3-5-15(18,10-14)9-11-6-12(16)8-13(17)7-11/h6-8H,3-5,9-10,18H2,1-2H3. The van der Waals surface area contributed by atoms with Crippen molar-refractivity contribution in [2.24, 2.45) is 11.1 Å². The van der Waals surface area contributed by atoms with Gasteiger partial charge >= 0.3 is 0 Å². The molecule has 0 aromatic heterocycles. The van der Waals surface area contributed by atoms with Gasteiger partial charge in [0.2, 0.25) is 0 Å². The minimum absolute atomic E-state index is 0.186. The lowest BCUT2D eigenvalue weighted by atomic mass is 9.66. The van der Waals surface area contributed by atoms with Crippen molar-refractivity contribution in [2.75, 3.05) is 0 Å². The van der Waals surface area contributed by atoms with E-state index in [1.54, 1.807) is 6.07 Å². The van der Waals surface area contributed by atoms with Crippen LogP contribution >= 0.6 is 15.9 Å². The average Bonchev–Trinajstić information content (AvgIpc) is 2.11. The Morgan fingerprint density at radius 1 is 1.28 bits per heavy atom. The monoisotopic (exact) mass is 313 g/mol. The quantitative estimate of drug-likeness (QED) is 0.859. The van der Waals surface area contributed by atoms with Gasteiger partial charge in [0, 0.05) is 10.0 Å². The molecular formula is C15H21BrFN. The summed E-state index contributed by atoms with van der Waals surface area (Å²) in [4.78, 5) is 0. The first-order valence-corrected chi connectivity index (χ1v) is 7.31. The Labute approximate surface area is 117 Å². The van der Waals surface area contributed by atoms with Crippen LogP contribution in [-0.4, -0.2) is 5.54 Å². The molecule has 0 aliphatic heterocycles. The fraction of sp³-hybridized carbons (Fsp3) is 0.600. The molecule has 2 rings (SSSR count). The predicted octanol–water partition coefficient (Wildman–Crippen LogP) is 4.43. The van der Waals surface area contributed by atoms with E-state index in [4.69, 9.17) is 5.73 Å². The molecule has 100 valence electrons. The van der Waals surface area contributed by atoms with Crippen molar-refractivity contribution in [2.45, 2.75) is 51.5 Å². The van der Waals surface area contributed by atoms with E-state index in [1.807, 2.05) is 6.07 Å². The van der Waals surface area contributed by atoms with Gasteiger partial charge in [0.1, 0.15) is 5.82 Å². The summed E-state index contributed by atoms with van der Waals surface area (Å²) in [6.07, 6.45) is 5.20. The van der Waals surface area contributed by atoms with E-state index < -0.39 is 0 Å². The van der Waals surface area contributed by atoms with Gasteiger partial charge < -0.3 is 5.73 Å². The van der Waals surface area contributed by atoms with Gasteiger partial charge in [0.25, 0.3) is 0 Å². The lowest BCUT2D eigenvalue weighted by molar-refractivity contribution is 0.151. The third kappa shape index (κ3) is 3.55. The highest BCUT2D eigenvalue weighted by atomic mass is 79.9. The molecule has 0 saturated heterocycles. The van der Waals surface area contributed by atoms with Crippen LogP contribution in [0.1, 0.15) is 45.1 Å². The normalized spacial score (nSPS) is 27.2. The van der Waals surface area contributed by atoms with Crippen LogP contribution in [0.5, 0.6) is 0 Å². The second-order valence-corrected chi connectivity index (χ2v) is 7.43. The molecule has 1 fully saturated rings. The fourth-order valence-corrected chi connectivity index (χ4v) is 3.83. The molecule has 3 heteroatoms. The molecule has 1 nitrogen and oxygen atoms in total. The van der Waals surface area contributed by atoms with Crippen molar-refractivity contribution >= 4 is 15.9 Å². The Hall–Kier alpha value is -0.410. The van der Waals surface area contributed by atoms with E-state index in [9.17, 15) is 4.39 Å². The number of halogens is 2. The maximum absolute atomic E-state index is 13.4. The molecule has 2 N–H and O–H groups in total. The summed E-state index contributed by atoms with van der Waals surface area (Å²) in [5.41, 5.74) is 7.63. The molecule has 1 aromatic carbocycles. The smallest absolute Gasteiger partial charge is 0.124 e. The van der Waals surface area contributed by atoms with Crippen LogP contribution in [-0.2, 0) is 6.42 Å². The maximum atomic E-state index is 13.4.